The number of ether oxygens (including phenoxy) is 1. The van der Waals surface area contributed by atoms with E-state index >= 15 is 0 Å². The van der Waals surface area contributed by atoms with Crippen LogP contribution in [0.15, 0.2) is 66.5 Å². The number of halogens is 1. The number of rotatable bonds is 5. The Kier molecular flexibility index (Phi) is 6.75. The number of anilines is 2. The molecule has 32 heavy (non-hydrogen) atoms. The first-order valence-electron chi connectivity index (χ1n) is 10.1. The molecule has 1 aromatic heterocycles. The molecule has 0 atom stereocenters. The van der Waals surface area contributed by atoms with Crippen LogP contribution in [-0.2, 0) is 9.53 Å². The minimum Gasteiger partial charge on any atom is -0.378 e. The lowest BCUT2D eigenvalue weighted by Gasteiger charge is -2.30. The first-order chi connectivity index (χ1) is 15.6. The summed E-state index contributed by atoms with van der Waals surface area (Å²) in [6.45, 7) is 2.63. The highest BCUT2D eigenvalue weighted by molar-refractivity contribution is 6.31. The van der Waals surface area contributed by atoms with Crippen LogP contribution in [0.1, 0.15) is 5.56 Å². The number of nitrogens with zero attached hydrogens (tertiary/aromatic N) is 4. The van der Waals surface area contributed by atoms with Gasteiger partial charge in [0.1, 0.15) is 11.6 Å². The van der Waals surface area contributed by atoms with Crippen LogP contribution in [0.5, 0.6) is 0 Å². The summed E-state index contributed by atoms with van der Waals surface area (Å²) < 4.78 is 5.41. The number of nitrogens with one attached hydrogen (secondary N) is 1. The number of hydrogen-bond acceptors (Lipinski definition) is 6. The van der Waals surface area contributed by atoms with E-state index in [2.05, 4.69) is 20.2 Å². The van der Waals surface area contributed by atoms with E-state index in [1.165, 1.54) is 6.08 Å². The molecule has 1 fully saturated rings. The summed E-state index contributed by atoms with van der Waals surface area (Å²) in [6, 6.07) is 16.8. The second-order valence-electron chi connectivity index (χ2n) is 7.09. The number of amides is 1. The highest BCUT2D eigenvalue weighted by Crippen LogP contribution is 2.30. The van der Waals surface area contributed by atoms with E-state index in [4.69, 9.17) is 16.3 Å². The van der Waals surface area contributed by atoms with E-state index in [1.54, 1.807) is 24.5 Å². The largest absolute Gasteiger partial charge is 0.378 e. The second kappa shape index (κ2) is 10.1. The van der Waals surface area contributed by atoms with E-state index in [0.29, 0.717) is 48.4 Å². The highest BCUT2D eigenvalue weighted by Gasteiger charge is 2.18. The Morgan fingerprint density at radius 3 is 2.53 bits per heavy atom. The highest BCUT2D eigenvalue weighted by atomic mass is 35.5. The van der Waals surface area contributed by atoms with Crippen molar-refractivity contribution < 1.29 is 9.53 Å². The summed E-state index contributed by atoms with van der Waals surface area (Å²) in [5, 5.41) is 12.9. The lowest BCUT2D eigenvalue weighted by molar-refractivity contribution is -0.112. The zero-order valence-corrected chi connectivity index (χ0v) is 17.9. The first-order valence-corrected chi connectivity index (χ1v) is 10.4. The van der Waals surface area contributed by atoms with Gasteiger partial charge in [-0.2, -0.15) is 5.26 Å². The van der Waals surface area contributed by atoms with Gasteiger partial charge in [-0.1, -0.05) is 41.9 Å². The molecule has 0 unspecified atom stereocenters. The zero-order chi connectivity index (χ0) is 22.3. The van der Waals surface area contributed by atoms with Crippen LogP contribution in [0, 0.1) is 11.3 Å². The molecule has 4 rings (SSSR count). The molecule has 1 aliphatic heterocycles. The van der Waals surface area contributed by atoms with E-state index in [1.807, 2.05) is 42.5 Å². The predicted molar refractivity (Wildman–Crippen MR) is 124 cm³/mol. The fraction of sp³-hybridized carbons (Fsp3) is 0.167. The van der Waals surface area contributed by atoms with Gasteiger partial charge in [-0.3, -0.25) is 4.79 Å². The number of aromatic nitrogens is 2. The maximum atomic E-state index is 12.9. The minimum atomic E-state index is -0.531. The smallest absolute Gasteiger partial charge is 0.266 e. The van der Waals surface area contributed by atoms with Crippen molar-refractivity contribution in [3.8, 4) is 17.5 Å². The molecule has 0 bridgehead atoms. The molecule has 1 saturated heterocycles. The molecular weight excluding hydrogens is 426 g/mol. The monoisotopic (exact) mass is 445 g/mol. The SMILES string of the molecule is N#C/C(=C\c1cnc(-c2ccccc2)nc1)C(=O)Nc1cc(Cl)ccc1N1CCOCC1. The molecule has 2 aromatic carbocycles. The first kappa shape index (κ1) is 21.5. The van der Waals surface area contributed by atoms with Crippen molar-refractivity contribution >= 4 is 35.0 Å². The second-order valence-corrected chi connectivity index (χ2v) is 7.53. The summed E-state index contributed by atoms with van der Waals surface area (Å²) in [5.74, 6) is 0.0381. The Labute approximate surface area is 190 Å². The van der Waals surface area contributed by atoms with E-state index < -0.39 is 5.91 Å². The Morgan fingerprint density at radius 1 is 1.12 bits per heavy atom. The van der Waals surface area contributed by atoms with Crippen molar-refractivity contribution in [2.75, 3.05) is 36.5 Å². The summed E-state index contributed by atoms with van der Waals surface area (Å²) in [7, 11) is 0. The fourth-order valence-corrected chi connectivity index (χ4v) is 3.51. The number of carbonyl (C=O) groups excluding carboxylic acids is 1. The molecule has 0 aliphatic carbocycles. The van der Waals surface area contributed by atoms with Crippen molar-refractivity contribution in [1.29, 1.82) is 5.26 Å². The molecule has 1 amide bonds. The van der Waals surface area contributed by atoms with Crippen LogP contribution in [0.25, 0.3) is 17.5 Å². The van der Waals surface area contributed by atoms with Crippen molar-refractivity contribution in [1.82, 2.24) is 9.97 Å². The number of benzene rings is 2. The Morgan fingerprint density at radius 2 is 1.84 bits per heavy atom. The van der Waals surface area contributed by atoms with Gasteiger partial charge in [0.25, 0.3) is 5.91 Å². The van der Waals surface area contributed by atoms with Gasteiger partial charge in [0, 0.05) is 41.6 Å². The number of hydrogen-bond donors (Lipinski definition) is 1. The van der Waals surface area contributed by atoms with Crippen LogP contribution in [0.2, 0.25) is 5.02 Å². The standard InChI is InChI=1S/C24H20ClN5O2/c25-20-6-7-22(30-8-10-32-11-9-30)21(13-20)29-24(31)19(14-26)12-17-15-27-23(28-16-17)18-4-2-1-3-5-18/h1-7,12-13,15-16H,8-11H2,(H,29,31)/b19-12+. The quantitative estimate of drug-likeness (QED) is 0.468. The van der Waals surface area contributed by atoms with Gasteiger partial charge in [-0.05, 0) is 24.3 Å². The summed E-state index contributed by atoms with van der Waals surface area (Å²) in [4.78, 5) is 23.6. The third-order valence-corrected chi connectivity index (χ3v) is 5.17. The molecule has 160 valence electrons. The van der Waals surface area contributed by atoms with Crippen molar-refractivity contribution in [2.24, 2.45) is 0 Å². The fourth-order valence-electron chi connectivity index (χ4n) is 3.34. The molecule has 0 spiro atoms. The van der Waals surface area contributed by atoms with Gasteiger partial charge < -0.3 is 15.0 Å². The topological polar surface area (TPSA) is 91.1 Å². The summed E-state index contributed by atoms with van der Waals surface area (Å²) >= 11 is 6.16. The minimum absolute atomic E-state index is 0.0611. The van der Waals surface area contributed by atoms with E-state index in [0.717, 1.165) is 11.3 Å². The van der Waals surface area contributed by atoms with Gasteiger partial charge >= 0.3 is 0 Å². The van der Waals surface area contributed by atoms with Crippen molar-refractivity contribution in [3.05, 3.63) is 77.1 Å². The van der Waals surface area contributed by atoms with Crippen molar-refractivity contribution in [2.45, 2.75) is 0 Å². The average molecular weight is 446 g/mol. The van der Waals surface area contributed by atoms with Crippen molar-refractivity contribution in [3.63, 3.8) is 0 Å². The average Bonchev–Trinajstić information content (AvgIpc) is 2.84. The van der Waals surface area contributed by atoms with Crippen LogP contribution in [-0.4, -0.2) is 42.2 Å². The van der Waals surface area contributed by atoms with Gasteiger partial charge in [-0.15, -0.1) is 0 Å². The molecule has 0 saturated carbocycles. The molecule has 2 heterocycles. The zero-order valence-electron chi connectivity index (χ0n) is 17.2. The van der Waals surface area contributed by atoms with Crippen LogP contribution in [0.3, 0.4) is 0 Å². The Bertz CT molecular complexity index is 1170. The number of morpholine rings is 1. The van der Waals surface area contributed by atoms with Gasteiger partial charge in [0.2, 0.25) is 0 Å². The Balaban J connectivity index is 1.54. The molecule has 3 aromatic rings. The van der Waals surface area contributed by atoms with Gasteiger partial charge in [-0.25, -0.2) is 9.97 Å². The molecule has 1 N–H and O–H groups in total. The van der Waals surface area contributed by atoms with E-state index in [-0.39, 0.29) is 5.57 Å². The maximum Gasteiger partial charge on any atom is 0.266 e. The van der Waals surface area contributed by atoms with Crippen LogP contribution in [0.4, 0.5) is 11.4 Å². The number of nitriles is 1. The lowest BCUT2D eigenvalue weighted by Crippen LogP contribution is -2.36. The maximum absolute atomic E-state index is 12.9. The van der Waals surface area contributed by atoms with Crippen LogP contribution < -0.4 is 10.2 Å². The van der Waals surface area contributed by atoms with Gasteiger partial charge in [0.05, 0.1) is 24.6 Å². The predicted octanol–water partition coefficient (Wildman–Crippen LogP) is 4.18. The normalized spacial score (nSPS) is 14.0. The molecule has 0 radical (unpaired) electrons. The van der Waals surface area contributed by atoms with E-state index in [9.17, 15) is 10.1 Å². The number of carbonyl (C=O) groups is 1. The third-order valence-electron chi connectivity index (χ3n) is 4.94. The molecule has 8 heteroatoms. The van der Waals surface area contributed by atoms with Gasteiger partial charge in [0.15, 0.2) is 5.82 Å². The summed E-state index contributed by atoms with van der Waals surface area (Å²) in [6.07, 6.45) is 4.63. The molecule has 7 nitrogen and oxygen atoms in total. The summed E-state index contributed by atoms with van der Waals surface area (Å²) in [5.41, 5.74) is 2.75. The molecular formula is C24H20ClN5O2. The third kappa shape index (κ3) is 5.11. The lowest BCUT2D eigenvalue weighted by atomic mass is 10.1. The molecule has 1 aliphatic rings. The Hall–Kier alpha value is -3.73. The van der Waals surface area contributed by atoms with Crippen LogP contribution >= 0.6 is 11.6 Å².